The summed E-state index contributed by atoms with van der Waals surface area (Å²) in [6, 6.07) is 14.4. The zero-order chi connectivity index (χ0) is 21.6. The molecular weight excluding hydrogens is 422 g/mol. The second-order valence-electron chi connectivity index (χ2n) is 7.65. The van der Waals surface area contributed by atoms with Gasteiger partial charge in [-0.1, -0.05) is 48.0 Å². The lowest BCUT2D eigenvalue weighted by atomic mass is 9.76. The topological polar surface area (TPSA) is 83.5 Å². The van der Waals surface area contributed by atoms with Gasteiger partial charge in [-0.15, -0.1) is 0 Å². The first kappa shape index (κ1) is 22.5. The van der Waals surface area contributed by atoms with Crippen molar-refractivity contribution in [2.24, 2.45) is 0 Å². The van der Waals surface area contributed by atoms with Gasteiger partial charge in [-0.25, -0.2) is 13.1 Å². The number of nitrogens with one attached hydrogen (secondary N) is 1. The maximum Gasteiger partial charge on any atom is 0.303 e. The normalized spacial score (nSPS) is 18.6. The second-order valence-corrected chi connectivity index (χ2v) is 9.85. The summed E-state index contributed by atoms with van der Waals surface area (Å²) in [7, 11) is -3.60. The highest BCUT2D eigenvalue weighted by molar-refractivity contribution is 7.89. The van der Waals surface area contributed by atoms with Crippen LogP contribution in [0.15, 0.2) is 65.6 Å². The fraction of sp³-hybridized carbons (Fsp3) is 0.348. The summed E-state index contributed by atoms with van der Waals surface area (Å²) in [6.45, 7) is 0.322. The molecular formula is C23H26ClNO4S. The van der Waals surface area contributed by atoms with Crippen LogP contribution in [0.3, 0.4) is 0 Å². The molecule has 1 unspecified atom stereocenters. The third-order valence-corrected chi connectivity index (χ3v) is 7.41. The maximum atomic E-state index is 12.6. The van der Waals surface area contributed by atoms with E-state index in [1.54, 1.807) is 12.1 Å². The second kappa shape index (κ2) is 9.77. The first-order valence-corrected chi connectivity index (χ1v) is 11.9. The maximum absolute atomic E-state index is 12.6. The van der Waals surface area contributed by atoms with Gasteiger partial charge in [0.2, 0.25) is 10.0 Å². The summed E-state index contributed by atoms with van der Waals surface area (Å²) >= 11 is 5.85. The molecule has 5 nitrogen and oxygen atoms in total. The Balaban J connectivity index is 1.71. The summed E-state index contributed by atoms with van der Waals surface area (Å²) in [5.41, 5.74) is 2.41. The van der Waals surface area contributed by atoms with Gasteiger partial charge in [0.05, 0.1) is 4.90 Å². The monoisotopic (exact) mass is 447 g/mol. The predicted octanol–water partition coefficient (Wildman–Crippen LogP) is 4.70. The molecule has 30 heavy (non-hydrogen) atoms. The molecule has 0 saturated heterocycles. The number of rotatable bonds is 10. The van der Waals surface area contributed by atoms with Crippen LogP contribution >= 0.6 is 11.6 Å². The number of aryl methyl sites for hydroxylation is 1. The molecule has 0 heterocycles. The lowest BCUT2D eigenvalue weighted by Crippen LogP contribution is -2.32. The van der Waals surface area contributed by atoms with Gasteiger partial charge in [0.1, 0.15) is 0 Å². The van der Waals surface area contributed by atoms with E-state index in [0.717, 1.165) is 19.3 Å². The number of hydrogen-bond acceptors (Lipinski definition) is 3. The summed E-state index contributed by atoms with van der Waals surface area (Å²) < 4.78 is 27.9. The molecule has 0 spiro atoms. The molecule has 2 aromatic carbocycles. The minimum atomic E-state index is -3.60. The average molecular weight is 448 g/mol. The van der Waals surface area contributed by atoms with E-state index in [0.29, 0.717) is 24.4 Å². The number of hydrogen-bond donors (Lipinski definition) is 2. The summed E-state index contributed by atoms with van der Waals surface area (Å²) in [6.07, 6.45) is 7.89. The van der Waals surface area contributed by atoms with Gasteiger partial charge in [-0.3, -0.25) is 4.79 Å². The van der Waals surface area contributed by atoms with E-state index in [2.05, 4.69) is 16.9 Å². The molecule has 0 saturated carbocycles. The Morgan fingerprint density at radius 1 is 1.13 bits per heavy atom. The van der Waals surface area contributed by atoms with Gasteiger partial charge < -0.3 is 5.11 Å². The fourth-order valence-corrected chi connectivity index (χ4v) is 5.25. The quantitative estimate of drug-likeness (QED) is 0.517. The number of allylic oxidation sites excluding steroid dienone is 2. The first-order chi connectivity index (χ1) is 14.3. The summed E-state index contributed by atoms with van der Waals surface area (Å²) in [5.74, 6) is -0.808. The molecule has 7 heteroatoms. The van der Waals surface area contributed by atoms with Crippen LogP contribution in [0.25, 0.3) is 0 Å². The van der Waals surface area contributed by atoms with Crippen LogP contribution in [0, 0.1) is 0 Å². The number of carbonyl (C=O) groups is 1. The van der Waals surface area contributed by atoms with Crippen molar-refractivity contribution in [2.45, 2.75) is 48.8 Å². The van der Waals surface area contributed by atoms with Crippen molar-refractivity contribution >= 4 is 27.6 Å². The van der Waals surface area contributed by atoms with Gasteiger partial charge in [0.15, 0.2) is 0 Å². The minimum Gasteiger partial charge on any atom is -0.481 e. The van der Waals surface area contributed by atoms with Crippen molar-refractivity contribution in [1.82, 2.24) is 4.72 Å². The molecule has 160 valence electrons. The SMILES string of the molecule is O=C(O)CC/C=C\CC1(CCNS(=O)(=O)c2ccc(Cl)cc2)CCc2ccccc21. The van der Waals surface area contributed by atoms with E-state index in [9.17, 15) is 13.2 Å². The van der Waals surface area contributed by atoms with Crippen molar-refractivity contribution < 1.29 is 18.3 Å². The molecule has 0 amide bonds. The van der Waals surface area contributed by atoms with Crippen LogP contribution in [0.4, 0.5) is 0 Å². The van der Waals surface area contributed by atoms with E-state index in [1.807, 2.05) is 24.3 Å². The van der Waals surface area contributed by atoms with Crippen LogP contribution in [-0.2, 0) is 26.7 Å². The van der Waals surface area contributed by atoms with Gasteiger partial charge in [0, 0.05) is 23.4 Å². The molecule has 0 aliphatic heterocycles. The molecule has 2 N–H and O–H groups in total. The lowest BCUT2D eigenvalue weighted by molar-refractivity contribution is -0.136. The molecule has 0 bridgehead atoms. The molecule has 0 aromatic heterocycles. The van der Waals surface area contributed by atoms with Crippen LogP contribution in [0.2, 0.25) is 5.02 Å². The summed E-state index contributed by atoms with van der Waals surface area (Å²) in [5, 5.41) is 9.29. The number of benzene rings is 2. The molecule has 1 aliphatic carbocycles. The average Bonchev–Trinajstić information content (AvgIpc) is 3.07. The number of carboxylic acid groups (broad SMARTS) is 1. The molecule has 0 radical (unpaired) electrons. The van der Waals surface area contributed by atoms with E-state index in [1.165, 1.54) is 23.3 Å². The Hall–Kier alpha value is -2.15. The third-order valence-electron chi connectivity index (χ3n) is 5.68. The van der Waals surface area contributed by atoms with Crippen LogP contribution in [0.1, 0.15) is 43.2 Å². The Kier molecular flexibility index (Phi) is 7.34. The highest BCUT2D eigenvalue weighted by Crippen LogP contribution is 2.44. The van der Waals surface area contributed by atoms with Crippen molar-refractivity contribution in [3.05, 3.63) is 76.8 Å². The van der Waals surface area contributed by atoms with Gasteiger partial charge in [-0.05, 0) is 67.5 Å². The lowest BCUT2D eigenvalue weighted by Gasteiger charge is -2.30. The Morgan fingerprint density at radius 2 is 1.87 bits per heavy atom. The Morgan fingerprint density at radius 3 is 2.60 bits per heavy atom. The van der Waals surface area contributed by atoms with Gasteiger partial charge in [-0.2, -0.15) is 0 Å². The summed E-state index contributed by atoms with van der Waals surface area (Å²) in [4.78, 5) is 10.9. The van der Waals surface area contributed by atoms with E-state index in [-0.39, 0.29) is 16.7 Å². The largest absolute Gasteiger partial charge is 0.481 e. The van der Waals surface area contributed by atoms with Crippen LogP contribution < -0.4 is 4.72 Å². The number of carboxylic acids is 1. The highest BCUT2D eigenvalue weighted by atomic mass is 35.5. The van der Waals surface area contributed by atoms with Crippen LogP contribution in [0.5, 0.6) is 0 Å². The first-order valence-electron chi connectivity index (χ1n) is 10.0. The zero-order valence-corrected chi connectivity index (χ0v) is 18.3. The fourth-order valence-electron chi connectivity index (χ4n) is 4.09. The number of aliphatic carboxylic acids is 1. The Bertz CT molecular complexity index is 1020. The van der Waals surface area contributed by atoms with Gasteiger partial charge in [0.25, 0.3) is 0 Å². The highest BCUT2D eigenvalue weighted by Gasteiger charge is 2.37. The van der Waals surface area contributed by atoms with E-state index >= 15 is 0 Å². The zero-order valence-electron chi connectivity index (χ0n) is 16.7. The number of sulfonamides is 1. The predicted molar refractivity (Wildman–Crippen MR) is 118 cm³/mol. The standard InChI is InChI=1S/C23H26ClNO4S/c24-19-9-11-20(12-10-19)30(28,29)25-17-16-23(14-5-1-2-8-22(26)27)15-13-18-6-3-4-7-21(18)23/h1,3-7,9-12,25H,2,8,13-17H2,(H,26,27)/b5-1-. The number of fused-ring (bicyclic) bond motifs is 1. The van der Waals surface area contributed by atoms with Crippen molar-refractivity contribution in [3.63, 3.8) is 0 Å². The van der Waals surface area contributed by atoms with E-state index in [4.69, 9.17) is 16.7 Å². The molecule has 1 atom stereocenters. The van der Waals surface area contributed by atoms with E-state index < -0.39 is 16.0 Å². The van der Waals surface area contributed by atoms with Crippen molar-refractivity contribution in [2.75, 3.05) is 6.54 Å². The van der Waals surface area contributed by atoms with Crippen LogP contribution in [-0.4, -0.2) is 26.0 Å². The number of halogens is 1. The molecule has 3 rings (SSSR count). The minimum absolute atomic E-state index is 0.112. The van der Waals surface area contributed by atoms with Crippen molar-refractivity contribution in [1.29, 1.82) is 0 Å². The molecule has 1 aliphatic rings. The molecule has 2 aromatic rings. The molecule has 0 fully saturated rings. The van der Waals surface area contributed by atoms with Crippen molar-refractivity contribution in [3.8, 4) is 0 Å². The smallest absolute Gasteiger partial charge is 0.303 e. The van der Waals surface area contributed by atoms with Gasteiger partial charge >= 0.3 is 5.97 Å². The third kappa shape index (κ3) is 5.50. The Labute approximate surface area is 182 Å².